The number of pyridine rings is 1. The molecular weight excluding hydrogens is 368 g/mol. The molecule has 0 saturated carbocycles. The third-order valence-corrected chi connectivity index (χ3v) is 6.31. The number of aromatic amines is 1. The number of hydrogen-bond acceptors (Lipinski definition) is 2. The van der Waals surface area contributed by atoms with E-state index in [1.165, 1.54) is 22.3 Å². The summed E-state index contributed by atoms with van der Waals surface area (Å²) in [6.45, 7) is 6.51. The summed E-state index contributed by atoms with van der Waals surface area (Å²) in [5, 5.41) is 0. The SMILES string of the molecule is C/C=C1\C2C=C(C)CC1(/N=C/C=C/c1ccccc1CCC)c1ccc(=O)[nH]c1C2. The number of hydrogen-bond donors (Lipinski definition) is 1. The Morgan fingerprint density at radius 2 is 2.07 bits per heavy atom. The maximum Gasteiger partial charge on any atom is 0.248 e. The lowest BCUT2D eigenvalue weighted by Gasteiger charge is -2.45. The molecule has 154 valence electrons. The van der Waals surface area contributed by atoms with E-state index in [2.05, 4.69) is 74.3 Å². The molecule has 0 amide bonds. The number of nitrogens with one attached hydrogen (secondary N) is 1. The highest BCUT2D eigenvalue weighted by atomic mass is 16.1. The molecule has 1 heterocycles. The molecule has 0 fully saturated rings. The number of aromatic nitrogens is 1. The van der Waals surface area contributed by atoms with Gasteiger partial charge in [0, 0.05) is 35.9 Å². The average molecular weight is 399 g/mol. The van der Waals surface area contributed by atoms with Crippen LogP contribution >= 0.6 is 0 Å². The molecule has 3 nitrogen and oxygen atoms in total. The van der Waals surface area contributed by atoms with E-state index in [-0.39, 0.29) is 5.56 Å². The van der Waals surface area contributed by atoms with Gasteiger partial charge in [-0.05, 0) is 55.5 Å². The van der Waals surface area contributed by atoms with Gasteiger partial charge in [-0.15, -0.1) is 0 Å². The molecule has 2 aliphatic carbocycles. The number of fused-ring (bicyclic) bond motifs is 4. The zero-order valence-electron chi connectivity index (χ0n) is 18.1. The van der Waals surface area contributed by atoms with Crippen LogP contribution < -0.4 is 5.56 Å². The zero-order valence-corrected chi connectivity index (χ0v) is 18.1. The second-order valence-electron chi connectivity index (χ2n) is 8.41. The van der Waals surface area contributed by atoms with E-state index in [1.54, 1.807) is 6.07 Å². The van der Waals surface area contributed by atoms with E-state index in [0.717, 1.165) is 36.9 Å². The Hall–Kier alpha value is -2.94. The molecule has 30 heavy (non-hydrogen) atoms. The molecule has 2 aliphatic rings. The van der Waals surface area contributed by atoms with Crippen LogP contribution in [0, 0.1) is 5.92 Å². The topological polar surface area (TPSA) is 45.2 Å². The molecule has 2 atom stereocenters. The van der Waals surface area contributed by atoms with Crippen molar-refractivity contribution in [1.29, 1.82) is 0 Å². The molecule has 0 aliphatic heterocycles. The fourth-order valence-electron chi connectivity index (χ4n) is 5.16. The van der Waals surface area contributed by atoms with Crippen LogP contribution in [-0.4, -0.2) is 11.2 Å². The molecule has 3 heteroatoms. The van der Waals surface area contributed by atoms with E-state index in [9.17, 15) is 4.79 Å². The normalized spacial score (nSPS) is 24.4. The van der Waals surface area contributed by atoms with Crippen LogP contribution in [0.3, 0.4) is 0 Å². The van der Waals surface area contributed by atoms with Crippen LogP contribution in [0.2, 0.25) is 0 Å². The highest BCUT2D eigenvalue weighted by molar-refractivity contribution is 5.80. The van der Waals surface area contributed by atoms with Crippen molar-refractivity contribution in [1.82, 2.24) is 4.98 Å². The number of rotatable bonds is 5. The van der Waals surface area contributed by atoms with E-state index >= 15 is 0 Å². The molecule has 2 bridgehead atoms. The summed E-state index contributed by atoms with van der Waals surface area (Å²) < 4.78 is 0. The molecule has 1 N–H and O–H groups in total. The summed E-state index contributed by atoms with van der Waals surface area (Å²) in [4.78, 5) is 20.2. The maximum absolute atomic E-state index is 11.9. The summed E-state index contributed by atoms with van der Waals surface area (Å²) in [5.41, 5.74) is 7.01. The van der Waals surface area contributed by atoms with Crippen molar-refractivity contribution in [3.8, 4) is 0 Å². The van der Waals surface area contributed by atoms with Gasteiger partial charge in [0.15, 0.2) is 0 Å². The van der Waals surface area contributed by atoms with Gasteiger partial charge >= 0.3 is 0 Å². The monoisotopic (exact) mass is 398 g/mol. The standard InChI is InChI=1S/C27H30N2O/c1-4-9-20-10-6-7-11-21(20)12-8-15-28-27-18-19(3)16-22(23(27)5-2)17-25-24(27)13-14-26(30)29-25/h5-8,10-16,22H,4,9,17-18H2,1-3H3,(H,29,30)/b12-8+,23-5+,28-15+. The van der Waals surface area contributed by atoms with Crippen molar-refractivity contribution < 1.29 is 0 Å². The van der Waals surface area contributed by atoms with Crippen LogP contribution in [0.4, 0.5) is 0 Å². The number of aliphatic imine (C=N–C) groups is 1. The van der Waals surface area contributed by atoms with Gasteiger partial charge in [0.2, 0.25) is 5.56 Å². The van der Waals surface area contributed by atoms with Crippen LogP contribution in [0.5, 0.6) is 0 Å². The van der Waals surface area contributed by atoms with Crippen molar-refractivity contribution in [2.75, 3.05) is 0 Å². The first-order valence-corrected chi connectivity index (χ1v) is 10.9. The van der Waals surface area contributed by atoms with Crippen molar-refractivity contribution >= 4 is 12.3 Å². The Kier molecular flexibility index (Phi) is 5.72. The van der Waals surface area contributed by atoms with Crippen molar-refractivity contribution in [2.24, 2.45) is 10.9 Å². The third kappa shape index (κ3) is 3.65. The summed E-state index contributed by atoms with van der Waals surface area (Å²) >= 11 is 0. The first-order valence-electron chi connectivity index (χ1n) is 10.9. The van der Waals surface area contributed by atoms with E-state index in [1.807, 2.05) is 12.3 Å². The third-order valence-electron chi connectivity index (χ3n) is 6.31. The first kappa shape index (κ1) is 20.3. The number of benzene rings is 1. The van der Waals surface area contributed by atoms with Crippen molar-refractivity contribution in [3.05, 3.63) is 98.5 Å². The Bertz CT molecular complexity index is 1120. The van der Waals surface area contributed by atoms with Gasteiger partial charge in [-0.1, -0.05) is 61.4 Å². The van der Waals surface area contributed by atoms with Gasteiger partial charge in [0.25, 0.3) is 0 Å². The Labute approximate surface area is 179 Å². The minimum absolute atomic E-state index is 0.0389. The molecule has 2 aromatic rings. The minimum atomic E-state index is -0.427. The van der Waals surface area contributed by atoms with E-state index < -0.39 is 5.54 Å². The zero-order chi connectivity index (χ0) is 21.1. The number of nitrogens with zero attached hydrogens (tertiary/aromatic N) is 1. The fraction of sp³-hybridized carbons (Fsp3) is 0.333. The molecule has 4 rings (SSSR count). The quantitative estimate of drug-likeness (QED) is 0.504. The number of allylic oxidation sites excluding steroid dienone is 3. The van der Waals surface area contributed by atoms with Gasteiger partial charge in [0.05, 0.1) is 0 Å². The Morgan fingerprint density at radius 3 is 2.87 bits per heavy atom. The molecular formula is C27H30N2O. The van der Waals surface area contributed by atoms with Crippen molar-refractivity contribution in [2.45, 2.75) is 52.0 Å². The van der Waals surface area contributed by atoms with Crippen LogP contribution in [-0.2, 0) is 18.4 Å². The van der Waals surface area contributed by atoms with Crippen LogP contribution in [0.1, 0.15) is 56.0 Å². The second-order valence-corrected chi connectivity index (χ2v) is 8.41. The lowest BCUT2D eigenvalue weighted by atomic mass is 9.63. The molecule has 0 saturated heterocycles. The number of aryl methyl sites for hydroxylation is 1. The molecule has 0 radical (unpaired) electrons. The fourth-order valence-corrected chi connectivity index (χ4v) is 5.16. The van der Waals surface area contributed by atoms with Gasteiger partial charge < -0.3 is 4.98 Å². The van der Waals surface area contributed by atoms with Gasteiger partial charge in [-0.2, -0.15) is 0 Å². The highest BCUT2D eigenvalue weighted by Crippen LogP contribution is 2.51. The minimum Gasteiger partial charge on any atom is -0.326 e. The second kappa shape index (κ2) is 8.43. The van der Waals surface area contributed by atoms with Gasteiger partial charge in [-0.3, -0.25) is 9.79 Å². The Morgan fingerprint density at radius 1 is 1.23 bits per heavy atom. The van der Waals surface area contributed by atoms with E-state index in [0.29, 0.717) is 5.92 Å². The summed E-state index contributed by atoms with van der Waals surface area (Å²) in [6, 6.07) is 12.2. The molecule has 1 aromatic heterocycles. The smallest absolute Gasteiger partial charge is 0.248 e. The Balaban J connectivity index is 1.74. The predicted octanol–water partition coefficient (Wildman–Crippen LogP) is 5.78. The van der Waals surface area contributed by atoms with Gasteiger partial charge in [-0.25, -0.2) is 0 Å². The number of H-pyrrole nitrogens is 1. The van der Waals surface area contributed by atoms with Gasteiger partial charge in [0.1, 0.15) is 5.54 Å². The lowest BCUT2D eigenvalue weighted by molar-refractivity contribution is 0.413. The largest absolute Gasteiger partial charge is 0.326 e. The lowest BCUT2D eigenvalue weighted by Crippen LogP contribution is -2.40. The molecule has 0 spiro atoms. The maximum atomic E-state index is 11.9. The molecule has 1 aromatic carbocycles. The van der Waals surface area contributed by atoms with Crippen molar-refractivity contribution in [3.63, 3.8) is 0 Å². The molecule has 2 unspecified atom stereocenters. The van der Waals surface area contributed by atoms with Crippen LogP contribution in [0.25, 0.3) is 6.08 Å². The average Bonchev–Trinajstić information content (AvgIpc) is 2.72. The van der Waals surface area contributed by atoms with E-state index in [4.69, 9.17) is 4.99 Å². The summed E-state index contributed by atoms with van der Waals surface area (Å²) in [5.74, 6) is 0.292. The van der Waals surface area contributed by atoms with Crippen LogP contribution in [0.15, 0.2) is 75.6 Å². The highest BCUT2D eigenvalue weighted by Gasteiger charge is 2.46. The predicted molar refractivity (Wildman–Crippen MR) is 126 cm³/mol. The summed E-state index contributed by atoms with van der Waals surface area (Å²) in [6.07, 6.45) is 14.6. The summed E-state index contributed by atoms with van der Waals surface area (Å²) in [7, 11) is 0. The first-order chi connectivity index (χ1) is 14.6.